The summed E-state index contributed by atoms with van der Waals surface area (Å²) in [6, 6.07) is 7.38. The lowest BCUT2D eigenvalue weighted by Gasteiger charge is -2.26. The number of nitrogens with zero attached hydrogens (tertiary/aromatic N) is 1. The summed E-state index contributed by atoms with van der Waals surface area (Å²) in [5, 5.41) is 27.1. The number of carbonyl (C=O) groups excluding carboxylic acids is 3. The normalized spacial score (nSPS) is 13.0. The number of carboxylic acid groups (broad SMARTS) is 1. The van der Waals surface area contributed by atoms with Crippen molar-refractivity contribution < 1.29 is 38.9 Å². The maximum absolute atomic E-state index is 13.1. The van der Waals surface area contributed by atoms with Gasteiger partial charge in [0.25, 0.3) is 0 Å². The summed E-state index contributed by atoms with van der Waals surface area (Å²) in [4.78, 5) is 50.3. The number of carbonyl (C=O) groups is 4. The summed E-state index contributed by atoms with van der Waals surface area (Å²) >= 11 is 0. The number of nitrogens with one attached hydrogen (secondary N) is 3. The minimum atomic E-state index is -1.10. The zero-order valence-corrected chi connectivity index (χ0v) is 23.8. The van der Waals surface area contributed by atoms with E-state index in [-0.39, 0.29) is 38.9 Å². The molecule has 0 aliphatic carbocycles. The third-order valence-corrected chi connectivity index (χ3v) is 5.14. The maximum atomic E-state index is 13.1. The molecule has 0 heterocycles. The molecule has 0 aromatic heterocycles. The van der Waals surface area contributed by atoms with E-state index in [9.17, 15) is 29.4 Å². The molecule has 0 fully saturated rings. The van der Waals surface area contributed by atoms with Gasteiger partial charge in [0.15, 0.2) is 0 Å². The highest BCUT2D eigenvalue weighted by Gasteiger charge is 2.26. The van der Waals surface area contributed by atoms with Gasteiger partial charge >= 0.3 is 18.3 Å². The number of hydrogen-bond donors (Lipinski definition) is 5. The fourth-order valence-electron chi connectivity index (χ4n) is 3.42. The molecule has 220 valence electrons. The van der Waals surface area contributed by atoms with Crippen LogP contribution in [-0.4, -0.2) is 82.3 Å². The van der Waals surface area contributed by atoms with Crippen molar-refractivity contribution in [3.63, 3.8) is 0 Å². The highest BCUT2D eigenvalue weighted by atomic mass is 16.6. The van der Waals surface area contributed by atoms with Crippen molar-refractivity contribution >= 4 is 24.2 Å². The largest absolute Gasteiger partial charge is 0.465 e. The lowest BCUT2D eigenvalue weighted by atomic mass is 10.1. The van der Waals surface area contributed by atoms with Crippen LogP contribution in [-0.2, 0) is 20.8 Å². The second-order valence-corrected chi connectivity index (χ2v) is 11.1. The Labute approximate surface area is 230 Å². The highest BCUT2D eigenvalue weighted by molar-refractivity contribution is 5.85. The number of ether oxygens (including phenoxy) is 2. The fraction of sp³-hybridized carbons (Fsp3) is 0.630. The number of amides is 4. The van der Waals surface area contributed by atoms with E-state index >= 15 is 0 Å². The molecule has 12 heteroatoms. The van der Waals surface area contributed by atoms with E-state index < -0.39 is 54.1 Å². The molecule has 0 saturated carbocycles. The van der Waals surface area contributed by atoms with Gasteiger partial charge in [-0.15, -0.1) is 0 Å². The van der Waals surface area contributed by atoms with Crippen LogP contribution in [0.2, 0.25) is 0 Å². The summed E-state index contributed by atoms with van der Waals surface area (Å²) in [7, 11) is 0. The van der Waals surface area contributed by atoms with Crippen LogP contribution >= 0.6 is 0 Å². The molecule has 0 spiro atoms. The molecule has 0 bridgehead atoms. The Morgan fingerprint density at radius 2 is 1.49 bits per heavy atom. The Balaban J connectivity index is 2.79. The predicted molar refractivity (Wildman–Crippen MR) is 145 cm³/mol. The first-order valence-corrected chi connectivity index (χ1v) is 13.0. The first-order chi connectivity index (χ1) is 18.1. The van der Waals surface area contributed by atoms with Gasteiger partial charge in [-0.05, 0) is 66.4 Å². The Morgan fingerprint density at radius 1 is 0.897 bits per heavy atom. The average molecular weight is 553 g/mol. The van der Waals surface area contributed by atoms with E-state index in [1.54, 1.807) is 41.5 Å². The zero-order valence-electron chi connectivity index (χ0n) is 23.8. The number of hydrogen-bond acceptors (Lipinski definition) is 7. The molecule has 0 aliphatic heterocycles. The van der Waals surface area contributed by atoms with Crippen LogP contribution < -0.4 is 16.0 Å². The number of aliphatic hydroxyl groups is 1. The second-order valence-electron chi connectivity index (χ2n) is 11.1. The molecule has 0 aliphatic rings. The fourth-order valence-corrected chi connectivity index (χ4v) is 3.42. The molecule has 4 amide bonds. The molecule has 1 aromatic carbocycles. The minimum Gasteiger partial charge on any atom is -0.465 e. The number of alkyl carbamates (subject to hydrolysis) is 2. The molecule has 1 aromatic rings. The topological polar surface area (TPSA) is 167 Å². The van der Waals surface area contributed by atoms with Gasteiger partial charge in [-0.3, -0.25) is 4.79 Å². The van der Waals surface area contributed by atoms with Crippen molar-refractivity contribution in [2.45, 2.75) is 90.6 Å². The van der Waals surface area contributed by atoms with Crippen molar-refractivity contribution in [2.24, 2.45) is 0 Å². The summed E-state index contributed by atoms with van der Waals surface area (Å²) in [6.07, 6.45) is -1.90. The highest BCUT2D eigenvalue weighted by Crippen LogP contribution is 2.11. The van der Waals surface area contributed by atoms with Crippen LogP contribution in [0.4, 0.5) is 14.4 Å². The van der Waals surface area contributed by atoms with Crippen LogP contribution in [0.25, 0.3) is 0 Å². The Hall–Kier alpha value is -3.54. The molecule has 39 heavy (non-hydrogen) atoms. The third kappa shape index (κ3) is 15.5. The molecule has 0 radical (unpaired) electrons. The monoisotopic (exact) mass is 552 g/mol. The van der Waals surface area contributed by atoms with Gasteiger partial charge in [0.05, 0.1) is 12.6 Å². The van der Waals surface area contributed by atoms with Gasteiger partial charge in [0.1, 0.15) is 17.2 Å². The summed E-state index contributed by atoms with van der Waals surface area (Å²) in [5.74, 6) is -0.567. The second kappa shape index (κ2) is 15.8. The SMILES string of the molecule is CC(C)(C)OC(=O)NCC[C@@H](CO)NC(=O)[C@H](CCCN(Cc1ccccc1)C(=O)O)NC(=O)OC(C)(C)C. The number of benzene rings is 1. The van der Waals surface area contributed by atoms with Crippen molar-refractivity contribution in [2.75, 3.05) is 19.7 Å². The zero-order chi connectivity index (χ0) is 29.6. The average Bonchev–Trinajstić information content (AvgIpc) is 2.80. The van der Waals surface area contributed by atoms with Gasteiger partial charge in [-0.2, -0.15) is 0 Å². The lowest BCUT2D eigenvalue weighted by Crippen LogP contribution is -2.52. The Bertz CT molecular complexity index is 928. The van der Waals surface area contributed by atoms with E-state index in [1.165, 1.54) is 4.90 Å². The van der Waals surface area contributed by atoms with Crippen molar-refractivity contribution in [3.8, 4) is 0 Å². The van der Waals surface area contributed by atoms with Crippen molar-refractivity contribution in [1.82, 2.24) is 20.9 Å². The van der Waals surface area contributed by atoms with Crippen LogP contribution in [0.1, 0.15) is 66.4 Å². The van der Waals surface area contributed by atoms with Gasteiger partial charge in [-0.1, -0.05) is 30.3 Å². The van der Waals surface area contributed by atoms with Gasteiger partial charge < -0.3 is 40.5 Å². The van der Waals surface area contributed by atoms with Gasteiger partial charge in [0, 0.05) is 19.6 Å². The van der Waals surface area contributed by atoms with Crippen LogP contribution in [0.3, 0.4) is 0 Å². The lowest BCUT2D eigenvalue weighted by molar-refractivity contribution is -0.124. The minimum absolute atomic E-state index is 0.123. The number of rotatable bonds is 13. The van der Waals surface area contributed by atoms with Gasteiger partial charge in [-0.25, -0.2) is 14.4 Å². The molecule has 12 nitrogen and oxygen atoms in total. The van der Waals surface area contributed by atoms with Crippen LogP contribution in [0, 0.1) is 0 Å². The first-order valence-electron chi connectivity index (χ1n) is 13.0. The molecule has 5 N–H and O–H groups in total. The van der Waals surface area contributed by atoms with E-state index in [1.807, 2.05) is 30.3 Å². The molecule has 1 rings (SSSR count). The molecular weight excluding hydrogens is 508 g/mol. The quantitative estimate of drug-likeness (QED) is 0.249. The number of aliphatic hydroxyl groups excluding tert-OH is 1. The first kappa shape index (κ1) is 33.5. The van der Waals surface area contributed by atoms with Crippen molar-refractivity contribution in [1.29, 1.82) is 0 Å². The molecule has 2 atom stereocenters. The predicted octanol–water partition coefficient (Wildman–Crippen LogP) is 3.23. The molecule has 0 unspecified atom stereocenters. The Kier molecular flexibility index (Phi) is 13.5. The Morgan fingerprint density at radius 3 is 2.03 bits per heavy atom. The van der Waals surface area contributed by atoms with Crippen molar-refractivity contribution in [3.05, 3.63) is 35.9 Å². The molecule has 0 saturated heterocycles. The van der Waals surface area contributed by atoms with E-state index in [2.05, 4.69) is 16.0 Å². The summed E-state index contributed by atoms with van der Waals surface area (Å²) in [5.41, 5.74) is -0.624. The smallest absolute Gasteiger partial charge is 0.408 e. The van der Waals surface area contributed by atoms with E-state index in [4.69, 9.17) is 9.47 Å². The standard InChI is InChI=1S/C27H44N4O8/c1-26(2,3)38-23(34)28-15-14-20(18-32)29-22(33)21(30-24(35)39-27(4,5)6)13-10-16-31(25(36)37)17-19-11-8-7-9-12-19/h7-9,11-12,20-21,32H,10,13-18H2,1-6H3,(H,28,34)(H,29,33)(H,30,35)(H,36,37)/t20-,21-/m0/s1. The van der Waals surface area contributed by atoms with Gasteiger partial charge in [0.2, 0.25) is 5.91 Å². The summed E-state index contributed by atoms with van der Waals surface area (Å²) < 4.78 is 10.4. The van der Waals surface area contributed by atoms with Crippen LogP contribution in [0.5, 0.6) is 0 Å². The van der Waals surface area contributed by atoms with E-state index in [0.29, 0.717) is 0 Å². The third-order valence-electron chi connectivity index (χ3n) is 5.14. The van der Waals surface area contributed by atoms with E-state index in [0.717, 1.165) is 5.56 Å². The molecular formula is C27H44N4O8. The summed E-state index contributed by atoms with van der Waals surface area (Å²) in [6.45, 7) is 10.3. The van der Waals surface area contributed by atoms with Crippen LogP contribution in [0.15, 0.2) is 30.3 Å². The maximum Gasteiger partial charge on any atom is 0.408 e.